The molecule has 0 amide bonds. The van der Waals surface area contributed by atoms with Crippen molar-refractivity contribution in [3.63, 3.8) is 0 Å². The van der Waals surface area contributed by atoms with Gasteiger partial charge in [0.1, 0.15) is 4.83 Å². The van der Waals surface area contributed by atoms with E-state index >= 15 is 0 Å². The molecule has 0 unspecified atom stereocenters. The summed E-state index contributed by atoms with van der Waals surface area (Å²) in [6.45, 7) is 0.461. The number of hydrazine groups is 1. The number of carboxylic acid groups (broad SMARTS) is 1. The highest BCUT2D eigenvalue weighted by atomic mass is 32.1. The number of aromatic carboxylic acids is 1. The Morgan fingerprint density at radius 1 is 1.33 bits per heavy atom. The zero-order valence-electron chi connectivity index (χ0n) is 11.0. The van der Waals surface area contributed by atoms with Crippen molar-refractivity contribution in [1.82, 2.24) is 10.4 Å². The van der Waals surface area contributed by atoms with Gasteiger partial charge < -0.3 is 5.11 Å². The summed E-state index contributed by atoms with van der Waals surface area (Å²) in [6.07, 6.45) is 1.42. The summed E-state index contributed by atoms with van der Waals surface area (Å²) >= 11 is 1.49. The van der Waals surface area contributed by atoms with Crippen LogP contribution in [0.15, 0.2) is 41.9 Å². The van der Waals surface area contributed by atoms with Crippen LogP contribution < -0.4 is 11.3 Å². The molecule has 2 aromatic heterocycles. The third-order valence-corrected chi connectivity index (χ3v) is 4.12. The molecule has 1 aromatic carbocycles. The molecule has 0 aliphatic carbocycles. The van der Waals surface area contributed by atoms with Gasteiger partial charge >= 0.3 is 5.97 Å². The van der Waals surface area contributed by atoms with Crippen molar-refractivity contribution in [2.75, 3.05) is 0 Å². The molecule has 21 heavy (non-hydrogen) atoms. The molecule has 0 spiro atoms. The first-order valence-corrected chi connectivity index (χ1v) is 7.21. The van der Waals surface area contributed by atoms with Crippen molar-refractivity contribution in [3.8, 4) is 11.1 Å². The smallest absolute Gasteiger partial charge is 0.337 e. The lowest BCUT2D eigenvalue weighted by molar-refractivity contribution is 0.0697. The van der Waals surface area contributed by atoms with E-state index in [1.165, 1.54) is 17.5 Å². The molecular weight excluding hydrogens is 286 g/mol. The van der Waals surface area contributed by atoms with Crippen molar-refractivity contribution in [1.29, 1.82) is 0 Å². The lowest BCUT2D eigenvalue weighted by Gasteiger charge is -2.12. The summed E-state index contributed by atoms with van der Waals surface area (Å²) in [5.41, 5.74) is 5.32. The molecule has 0 aliphatic rings. The number of hydrogen-bond acceptors (Lipinski definition) is 5. The molecular formula is C15H13N3O2S. The molecule has 6 heteroatoms. The van der Waals surface area contributed by atoms with Crippen LogP contribution in [-0.4, -0.2) is 16.1 Å². The molecule has 3 rings (SSSR count). The SMILES string of the molecule is NNCc1ccccc1-c1c(C(=O)O)cnc2sccc12. The zero-order valence-corrected chi connectivity index (χ0v) is 11.9. The Kier molecular flexibility index (Phi) is 3.66. The zero-order chi connectivity index (χ0) is 14.8. The Bertz CT molecular complexity index is 814. The monoisotopic (exact) mass is 299 g/mol. The number of hydrogen-bond donors (Lipinski definition) is 3. The van der Waals surface area contributed by atoms with Crippen molar-refractivity contribution in [3.05, 3.63) is 53.0 Å². The largest absolute Gasteiger partial charge is 0.478 e. The number of nitrogens with one attached hydrogen (secondary N) is 1. The number of benzene rings is 1. The molecule has 0 saturated carbocycles. The van der Waals surface area contributed by atoms with Crippen LogP contribution in [0.5, 0.6) is 0 Å². The highest BCUT2D eigenvalue weighted by molar-refractivity contribution is 7.16. The first kappa shape index (κ1) is 13.7. The number of fused-ring (bicyclic) bond motifs is 1. The van der Waals surface area contributed by atoms with Crippen LogP contribution in [0, 0.1) is 0 Å². The van der Waals surface area contributed by atoms with E-state index in [-0.39, 0.29) is 5.56 Å². The second kappa shape index (κ2) is 5.61. The molecule has 0 radical (unpaired) electrons. The Hall–Kier alpha value is -2.28. The lowest BCUT2D eigenvalue weighted by Crippen LogP contribution is -2.21. The fraction of sp³-hybridized carbons (Fsp3) is 0.0667. The molecule has 106 valence electrons. The minimum Gasteiger partial charge on any atom is -0.478 e. The lowest BCUT2D eigenvalue weighted by atomic mass is 9.94. The maximum absolute atomic E-state index is 11.6. The fourth-order valence-electron chi connectivity index (χ4n) is 2.40. The molecule has 5 nitrogen and oxygen atoms in total. The summed E-state index contributed by atoms with van der Waals surface area (Å²) in [5, 5.41) is 12.2. The van der Waals surface area contributed by atoms with Gasteiger partial charge in [-0.1, -0.05) is 24.3 Å². The van der Waals surface area contributed by atoms with Gasteiger partial charge in [-0.05, 0) is 22.6 Å². The first-order chi connectivity index (χ1) is 10.2. The Balaban J connectivity index is 2.35. The maximum atomic E-state index is 11.6. The quantitative estimate of drug-likeness (QED) is 0.509. The second-order valence-electron chi connectivity index (χ2n) is 4.53. The van der Waals surface area contributed by atoms with E-state index in [9.17, 15) is 9.90 Å². The van der Waals surface area contributed by atoms with E-state index < -0.39 is 5.97 Å². The van der Waals surface area contributed by atoms with Gasteiger partial charge in [0.15, 0.2) is 0 Å². The number of carbonyl (C=O) groups is 1. The number of aromatic nitrogens is 1. The number of rotatable bonds is 4. The van der Waals surface area contributed by atoms with E-state index in [2.05, 4.69) is 10.4 Å². The van der Waals surface area contributed by atoms with Crippen LogP contribution >= 0.6 is 11.3 Å². The minimum absolute atomic E-state index is 0.199. The van der Waals surface area contributed by atoms with Crippen LogP contribution in [-0.2, 0) is 6.54 Å². The van der Waals surface area contributed by atoms with Gasteiger partial charge in [0.25, 0.3) is 0 Å². The molecule has 0 fully saturated rings. The molecule has 0 saturated heterocycles. The summed E-state index contributed by atoms with van der Waals surface area (Å²) in [6, 6.07) is 9.54. The average Bonchev–Trinajstić information content (AvgIpc) is 2.95. The summed E-state index contributed by atoms with van der Waals surface area (Å²) in [7, 11) is 0. The second-order valence-corrected chi connectivity index (χ2v) is 5.42. The Morgan fingerprint density at radius 3 is 2.90 bits per heavy atom. The molecule has 0 atom stereocenters. The van der Waals surface area contributed by atoms with E-state index in [0.717, 1.165) is 21.3 Å². The highest BCUT2D eigenvalue weighted by Crippen LogP contribution is 2.35. The average molecular weight is 299 g/mol. The van der Waals surface area contributed by atoms with Crippen molar-refractivity contribution < 1.29 is 9.90 Å². The summed E-state index contributed by atoms with van der Waals surface area (Å²) in [4.78, 5) is 16.6. The third kappa shape index (κ3) is 2.40. The van der Waals surface area contributed by atoms with Crippen LogP contribution in [0.4, 0.5) is 0 Å². The predicted molar refractivity (Wildman–Crippen MR) is 83.0 cm³/mol. The van der Waals surface area contributed by atoms with Gasteiger partial charge in [-0.15, -0.1) is 11.3 Å². The van der Waals surface area contributed by atoms with E-state index in [0.29, 0.717) is 12.1 Å². The van der Waals surface area contributed by atoms with Crippen LogP contribution in [0.2, 0.25) is 0 Å². The van der Waals surface area contributed by atoms with Gasteiger partial charge in [-0.25, -0.2) is 9.78 Å². The van der Waals surface area contributed by atoms with Crippen LogP contribution in [0.25, 0.3) is 21.3 Å². The van der Waals surface area contributed by atoms with E-state index in [4.69, 9.17) is 5.84 Å². The van der Waals surface area contributed by atoms with Gasteiger partial charge in [0, 0.05) is 23.7 Å². The molecule has 4 N–H and O–H groups in total. The van der Waals surface area contributed by atoms with Gasteiger partial charge in [0.2, 0.25) is 0 Å². The van der Waals surface area contributed by atoms with Gasteiger partial charge in [-0.2, -0.15) is 0 Å². The Morgan fingerprint density at radius 2 is 2.14 bits per heavy atom. The third-order valence-electron chi connectivity index (χ3n) is 3.30. The number of nitrogens with zero attached hydrogens (tertiary/aromatic N) is 1. The summed E-state index contributed by atoms with van der Waals surface area (Å²) < 4.78 is 0. The topological polar surface area (TPSA) is 88.2 Å². The van der Waals surface area contributed by atoms with E-state index in [1.807, 2.05) is 35.7 Å². The van der Waals surface area contributed by atoms with E-state index in [1.54, 1.807) is 0 Å². The number of thiophene rings is 1. The van der Waals surface area contributed by atoms with Crippen molar-refractivity contribution >= 4 is 27.5 Å². The number of pyridine rings is 1. The Labute approximate surface area is 125 Å². The normalized spacial score (nSPS) is 10.9. The fourth-order valence-corrected chi connectivity index (χ4v) is 3.15. The number of nitrogens with two attached hydrogens (primary N) is 1. The molecule has 0 aliphatic heterocycles. The van der Waals surface area contributed by atoms with Crippen LogP contribution in [0.3, 0.4) is 0 Å². The number of carboxylic acids is 1. The van der Waals surface area contributed by atoms with Gasteiger partial charge in [-0.3, -0.25) is 11.3 Å². The summed E-state index contributed by atoms with van der Waals surface area (Å²) in [5.74, 6) is 4.44. The maximum Gasteiger partial charge on any atom is 0.337 e. The standard InChI is InChI=1S/C15H13N3O2S/c16-18-7-9-3-1-2-4-10(9)13-11-5-6-21-14(11)17-8-12(13)15(19)20/h1-6,8,18H,7,16H2,(H,19,20). The molecule has 3 aromatic rings. The van der Waals surface area contributed by atoms with Gasteiger partial charge in [0.05, 0.1) is 5.56 Å². The molecule has 2 heterocycles. The van der Waals surface area contributed by atoms with Crippen LogP contribution in [0.1, 0.15) is 15.9 Å². The minimum atomic E-state index is -0.985. The first-order valence-electron chi connectivity index (χ1n) is 6.33. The van der Waals surface area contributed by atoms with Crippen molar-refractivity contribution in [2.45, 2.75) is 6.54 Å². The highest BCUT2D eigenvalue weighted by Gasteiger charge is 2.18. The van der Waals surface area contributed by atoms with Crippen molar-refractivity contribution in [2.24, 2.45) is 5.84 Å². The predicted octanol–water partition coefficient (Wildman–Crippen LogP) is 2.62. The molecule has 0 bridgehead atoms.